The first-order chi connectivity index (χ1) is 4.89. The van der Waals surface area contributed by atoms with Crippen molar-refractivity contribution in [2.45, 2.75) is 41.0 Å². The van der Waals surface area contributed by atoms with Crippen LogP contribution in [0.2, 0.25) is 0 Å². The van der Waals surface area contributed by atoms with Crippen LogP contribution >= 0.6 is 0 Å². The smallest absolute Gasteiger partial charge is 0.0428 e. The fourth-order valence-corrected chi connectivity index (χ4v) is 0.353. The Kier molecular flexibility index (Phi) is 13.5. The highest BCUT2D eigenvalue weighted by atomic mass is 15.2. The van der Waals surface area contributed by atoms with Gasteiger partial charge in [0, 0.05) is 18.3 Å². The molecule has 1 aliphatic heterocycles. The van der Waals surface area contributed by atoms with Gasteiger partial charge in [-0.2, -0.15) is 10.2 Å². The van der Waals surface area contributed by atoms with Crippen molar-refractivity contribution in [2.24, 2.45) is 10.2 Å². The fourth-order valence-electron chi connectivity index (χ4n) is 0.353. The Morgan fingerprint density at radius 2 is 1.70 bits per heavy atom. The molecule has 0 aromatic heterocycles. The molecule has 1 rings (SSSR count). The van der Waals surface area contributed by atoms with E-state index in [0.29, 0.717) is 0 Å². The van der Waals surface area contributed by atoms with E-state index in [2.05, 4.69) is 10.2 Å². The molecule has 0 aliphatic carbocycles. The molecule has 0 aromatic rings. The molecular weight excluding hydrogens is 124 g/mol. The molecule has 0 bridgehead atoms. The average molecular weight is 142 g/mol. The van der Waals surface area contributed by atoms with Gasteiger partial charge in [0.1, 0.15) is 0 Å². The molecule has 0 unspecified atom stereocenters. The van der Waals surface area contributed by atoms with Crippen molar-refractivity contribution in [3.05, 3.63) is 0 Å². The Morgan fingerprint density at radius 1 is 1.20 bits per heavy atom. The van der Waals surface area contributed by atoms with Crippen molar-refractivity contribution >= 4 is 11.9 Å². The van der Waals surface area contributed by atoms with Crippen molar-refractivity contribution < 1.29 is 0 Å². The highest BCUT2D eigenvalue weighted by Crippen LogP contribution is 1.90. The molecule has 1 aliphatic rings. The lowest BCUT2D eigenvalue weighted by Gasteiger charge is -1.73. The lowest BCUT2D eigenvalue weighted by Crippen LogP contribution is -1.81. The van der Waals surface area contributed by atoms with Gasteiger partial charge in [0.15, 0.2) is 0 Å². The van der Waals surface area contributed by atoms with E-state index in [-0.39, 0.29) is 0 Å². The SMILES string of the molecule is CC.CC.CC1=NN=CC1. The molecule has 0 atom stereocenters. The maximum absolute atomic E-state index is 3.72. The molecule has 0 radical (unpaired) electrons. The van der Waals surface area contributed by atoms with Crippen molar-refractivity contribution in [2.75, 3.05) is 0 Å². The van der Waals surface area contributed by atoms with Crippen LogP contribution in [0, 0.1) is 0 Å². The summed E-state index contributed by atoms with van der Waals surface area (Å²) >= 11 is 0. The van der Waals surface area contributed by atoms with Crippen molar-refractivity contribution in [3.63, 3.8) is 0 Å². The van der Waals surface area contributed by atoms with Crippen LogP contribution in [0.15, 0.2) is 10.2 Å². The van der Waals surface area contributed by atoms with Crippen LogP contribution in [0.5, 0.6) is 0 Å². The number of hydrogen-bond donors (Lipinski definition) is 0. The molecule has 0 saturated carbocycles. The van der Waals surface area contributed by atoms with Crippen LogP contribution in [-0.2, 0) is 0 Å². The van der Waals surface area contributed by atoms with Crippen LogP contribution in [-0.4, -0.2) is 11.9 Å². The quantitative estimate of drug-likeness (QED) is 0.497. The molecule has 1 heterocycles. The van der Waals surface area contributed by atoms with Gasteiger partial charge in [-0.3, -0.25) is 0 Å². The van der Waals surface area contributed by atoms with Crippen molar-refractivity contribution in [3.8, 4) is 0 Å². The highest BCUT2D eigenvalue weighted by Gasteiger charge is 1.90. The first kappa shape index (κ1) is 12.1. The molecule has 0 saturated heterocycles. The second-order valence-corrected chi connectivity index (χ2v) is 1.34. The molecular formula is C8H18N2. The Bertz CT molecular complexity index is 104. The minimum absolute atomic E-state index is 0.944. The summed E-state index contributed by atoms with van der Waals surface area (Å²) in [5.74, 6) is 0. The van der Waals surface area contributed by atoms with E-state index >= 15 is 0 Å². The third-order valence-corrected chi connectivity index (χ3v) is 0.697. The Balaban J connectivity index is 0. The Morgan fingerprint density at radius 3 is 1.80 bits per heavy atom. The summed E-state index contributed by atoms with van der Waals surface area (Å²) in [4.78, 5) is 0. The molecule has 0 spiro atoms. The van der Waals surface area contributed by atoms with Gasteiger partial charge in [0.25, 0.3) is 0 Å². The molecule has 60 valence electrons. The van der Waals surface area contributed by atoms with Crippen LogP contribution in [0.4, 0.5) is 0 Å². The number of hydrogen-bond acceptors (Lipinski definition) is 2. The maximum atomic E-state index is 3.72. The van der Waals surface area contributed by atoms with E-state index in [1.54, 1.807) is 6.21 Å². The van der Waals surface area contributed by atoms with Crippen LogP contribution < -0.4 is 0 Å². The van der Waals surface area contributed by atoms with E-state index in [1.165, 1.54) is 0 Å². The van der Waals surface area contributed by atoms with Gasteiger partial charge in [-0.15, -0.1) is 0 Å². The average Bonchev–Trinajstić information content (AvgIpc) is 2.48. The zero-order valence-corrected chi connectivity index (χ0v) is 7.68. The standard InChI is InChI=1S/C4H6N2.2C2H6/c1-4-2-3-5-6-4;2*1-2/h3H,2H2,1H3;2*1-2H3. The molecule has 2 nitrogen and oxygen atoms in total. The zero-order valence-electron chi connectivity index (χ0n) is 7.68. The molecule has 0 aromatic carbocycles. The third-order valence-electron chi connectivity index (χ3n) is 0.697. The Hall–Kier alpha value is -0.660. The van der Waals surface area contributed by atoms with Crippen molar-refractivity contribution in [1.82, 2.24) is 0 Å². The zero-order chi connectivity index (χ0) is 8.41. The van der Waals surface area contributed by atoms with Gasteiger partial charge < -0.3 is 0 Å². The van der Waals surface area contributed by atoms with Crippen LogP contribution in [0.3, 0.4) is 0 Å². The van der Waals surface area contributed by atoms with E-state index < -0.39 is 0 Å². The van der Waals surface area contributed by atoms with E-state index in [9.17, 15) is 0 Å². The molecule has 2 heteroatoms. The number of rotatable bonds is 0. The minimum atomic E-state index is 0.944. The van der Waals surface area contributed by atoms with Crippen LogP contribution in [0.1, 0.15) is 41.0 Å². The van der Waals surface area contributed by atoms with Gasteiger partial charge in [-0.25, -0.2) is 0 Å². The normalized spacial score (nSPS) is 12.3. The summed E-state index contributed by atoms with van der Waals surface area (Å²) in [6.07, 6.45) is 2.75. The summed E-state index contributed by atoms with van der Waals surface area (Å²) in [5.41, 5.74) is 1.11. The fraction of sp³-hybridized carbons (Fsp3) is 0.750. The van der Waals surface area contributed by atoms with Gasteiger partial charge in [0.05, 0.1) is 0 Å². The highest BCUT2D eigenvalue weighted by molar-refractivity contribution is 5.96. The van der Waals surface area contributed by atoms with E-state index in [4.69, 9.17) is 0 Å². The third kappa shape index (κ3) is 7.34. The lowest BCUT2D eigenvalue weighted by molar-refractivity contribution is 1.27. The van der Waals surface area contributed by atoms with E-state index in [0.717, 1.165) is 12.1 Å². The first-order valence-electron chi connectivity index (χ1n) is 3.94. The summed E-state index contributed by atoms with van der Waals surface area (Å²) in [6.45, 7) is 9.97. The minimum Gasteiger partial charge on any atom is -0.163 e. The topological polar surface area (TPSA) is 24.7 Å². The molecule has 0 N–H and O–H groups in total. The second kappa shape index (κ2) is 11.2. The van der Waals surface area contributed by atoms with Gasteiger partial charge >= 0.3 is 0 Å². The first-order valence-corrected chi connectivity index (χ1v) is 3.94. The summed E-state index contributed by atoms with van der Waals surface area (Å²) in [5, 5.41) is 7.35. The predicted molar refractivity (Wildman–Crippen MR) is 48.9 cm³/mol. The molecule has 10 heavy (non-hydrogen) atoms. The summed E-state index contributed by atoms with van der Waals surface area (Å²) in [7, 11) is 0. The van der Waals surface area contributed by atoms with E-state index in [1.807, 2.05) is 34.6 Å². The van der Waals surface area contributed by atoms with Gasteiger partial charge in [0.2, 0.25) is 0 Å². The largest absolute Gasteiger partial charge is 0.163 e. The second-order valence-electron chi connectivity index (χ2n) is 1.34. The van der Waals surface area contributed by atoms with Gasteiger partial charge in [-0.05, 0) is 6.92 Å². The van der Waals surface area contributed by atoms with Crippen molar-refractivity contribution in [1.29, 1.82) is 0 Å². The summed E-state index contributed by atoms with van der Waals surface area (Å²) < 4.78 is 0. The maximum Gasteiger partial charge on any atom is 0.0428 e. The van der Waals surface area contributed by atoms with Gasteiger partial charge in [-0.1, -0.05) is 27.7 Å². The monoisotopic (exact) mass is 142 g/mol. The number of nitrogens with zero attached hydrogens (tertiary/aromatic N) is 2. The van der Waals surface area contributed by atoms with Crippen LogP contribution in [0.25, 0.3) is 0 Å². The molecule has 0 fully saturated rings. The molecule has 0 amide bonds. The summed E-state index contributed by atoms with van der Waals surface area (Å²) in [6, 6.07) is 0. The predicted octanol–water partition coefficient (Wildman–Crippen LogP) is 2.89. The lowest BCUT2D eigenvalue weighted by atomic mass is 10.3. The Labute approximate surface area is 64.1 Å².